The molecule has 0 heterocycles. The molecule has 0 saturated heterocycles. The van der Waals surface area contributed by atoms with Gasteiger partial charge in [0, 0.05) is 13.2 Å². The van der Waals surface area contributed by atoms with Gasteiger partial charge in [0.05, 0.1) is 5.39 Å². The SMILES string of the molecule is Br.CO.[Mg+2][c]1cccc2ccccc12. The Labute approximate surface area is 107 Å². The molecular formula is C11H12BrMgO+2. The molecule has 1 N–H and O–H groups in total. The van der Waals surface area contributed by atoms with Gasteiger partial charge in [-0.2, -0.15) is 0 Å². The van der Waals surface area contributed by atoms with Crippen LogP contribution in [0.2, 0.25) is 0 Å². The Morgan fingerprint density at radius 1 is 0.929 bits per heavy atom. The summed E-state index contributed by atoms with van der Waals surface area (Å²) in [5.74, 6) is 0. The first-order valence-electron chi connectivity index (χ1n) is 4.12. The number of aliphatic hydroxyl groups is 1. The van der Waals surface area contributed by atoms with Gasteiger partial charge in [-0.15, -0.1) is 17.0 Å². The molecule has 69 valence electrons. The lowest BCUT2D eigenvalue weighted by molar-refractivity contribution is 0.399. The van der Waals surface area contributed by atoms with E-state index in [0.717, 1.165) is 7.11 Å². The van der Waals surface area contributed by atoms with Crippen molar-refractivity contribution in [3.05, 3.63) is 42.5 Å². The Balaban J connectivity index is 0.000000531. The predicted molar refractivity (Wildman–Crippen MR) is 67.8 cm³/mol. The normalized spacial score (nSPS) is 8.50. The Kier molecular flexibility index (Phi) is 7.18. The molecular weight excluding hydrogens is 252 g/mol. The maximum Gasteiger partial charge on any atom is 1.47 e. The Morgan fingerprint density at radius 2 is 1.50 bits per heavy atom. The van der Waals surface area contributed by atoms with Crippen LogP contribution in [0.3, 0.4) is 0 Å². The highest BCUT2D eigenvalue weighted by molar-refractivity contribution is 8.93. The fourth-order valence-electron chi connectivity index (χ4n) is 1.29. The maximum absolute atomic E-state index is 7.00. The minimum atomic E-state index is 0. The molecule has 7 radical (unpaired) electrons. The molecule has 1 nitrogen and oxygen atoms in total. The summed E-state index contributed by atoms with van der Waals surface area (Å²) in [5.41, 5.74) is 0. The predicted octanol–water partition coefficient (Wildman–Crippen LogP) is 1.82. The molecule has 14 heavy (non-hydrogen) atoms. The van der Waals surface area contributed by atoms with Gasteiger partial charge in [-0.05, 0) is 11.5 Å². The third-order valence-electron chi connectivity index (χ3n) is 1.88. The van der Waals surface area contributed by atoms with Gasteiger partial charge in [0.2, 0.25) is 0 Å². The number of hydrogen-bond donors (Lipinski definition) is 1. The van der Waals surface area contributed by atoms with Crippen LogP contribution in [0, 0.1) is 0 Å². The van der Waals surface area contributed by atoms with Crippen LogP contribution >= 0.6 is 17.0 Å². The average Bonchev–Trinajstić information content (AvgIpc) is 2.22. The number of benzene rings is 2. The van der Waals surface area contributed by atoms with E-state index in [2.05, 4.69) is 42.5 Å². The van der Waals surface area contributed by atoms with Crippen molar-refractivity contribution in [1.29, 1.82) is 0 Å². The first-order valence-corrected chi connectivity index (χ1v) is 4.83. The van der Waals surface area contributed by atoms with Gasteiger partial charge in [-0.1, -0.05) is 30.3 Å². The van der Waals surface area contributed by atoms with E-state index in [4.69, 9.17) is 5.11 Å². The van der Waals surface area contributed by atoms with Gasteiger partial charge in [0.15, 0.2) is 0 Å². The summed E-state index contributed by atoms with van der Waals surface area (Å²) < 4.78 is 1.38. The van der Waals surface area contributed by atoms with Crippen LogP contribution in [-0.2, 0) is 0 Å². The van der Waals surface area contributed by atoms with E-state index in [1.54, 1.807) is 0 Å². The van der Waals surface area contributed by atoms with Crippen LogP contribution in [0.15, 0.2) is 42.5 Å². The van der Waals surface area contributed by atoms with Crippen LogP contribution in [0.4, 0.5) is 0 Å². The highest BCUT2D eigenvalue weighted by atomic mass is 79.9. The van der Waals surface area contributed by atoms with E-state index in [1.165, 1.54) is 14.5 Å². The minimum absolute atomic E-state index is 0. The molecule has 0 bridgehead atoms. The zero-order chi connectivity index (χ0) is 9.68. The van der Waals surface area contributed by atoms with Crippen LogP contribution in [0.1, 0.15) is 0 Å². The lowest BCUT2D eigenvalue weighted by Crippen LogP contribution is -2.01. The van der Waals surface area contributed by atoms with E-state index in [-0.39, 0.29) is 17.0 Å². The number of hydrogen-bond acceptors (Lipinski definition) is 1. The molecule has 2 rings (SSSR count). The van der Waals surface area contributed by atoms with Crippen molar-refractivity contribution in [2.45, 2.75) is 0 Å². The van der Waals surface area contributed by atoms with Crippen LogP contribution in [0.25, 0.3) is 10.8 Å². The molecule has 2 aromatic rings. The molecule has 0 saturated carbocycles. The highest BCUT2D eigenvalue weighted by Gasteiger charge is 2.32. The van der Waals surface area contributed by atoms with Gasteiger partial charge < -0.3 is 5.11 Å². The fourth-order valence-corrected chi connectivity index (χ4v) is 1.75. The molecule has 0 spiro atoms. The van der Waals surface area contributed by atoms with Crippen LogP contribution in [-0.4, -0.2) is 33.9 Å². The first kappa shape index (κ1) is 13.9. The summed E-state index contributed by atoms with van der Waals surface area (Å²) in [6.45, 7) is 0. The molecule has 0 aromatic heterocycles. The van der Waals surface area contributed by atoms with Crippen molar-refractivity contribution >= 4 is 53.2 Å². The number of fused-ring (bicyclic) bond motifs is 1. The van der Waals surface area contributed by atoms with Gasteiger partial charge in [-0.25, -0.2) is 0 Å². The quantitative estimate of drug-likeness (QED) is 0.720. The maximum atomic E-state index is 7.00. The van der Waals surface area contributed by atoms with E-state index >= 15 is 0 Å². The van der Waals surface area contributed by atoms with Gasteiger partial charge in [-0.3, -0.25) is 0 Å². The van der Waals surface area contributed by atoms with E-state index in [9.17, 15) is 0 Å². The molecule has 0 unspecified atom stereocenters. The first-order chi connectivity index (χ1) is 6.38. The molecule has 2 aromatic carbocycles. The second kappa shape index (κ2) is 7.23. The summed E-state index contributed by atoms with van der Waals surface area (Å²) in [5, 5.41) is 9.70. The third kappa shape index (κ3) is 3.24. The fraction of sp³-hybridized carbons (Fsp3) is 0.0909. The van der Waals surface area contributed by atoms with Gasteiger partial charge >= 0.3 is 25.4 Å². The zero-order valence-corrected chi connectivity index (χ0v) is 11.2. The Morgan fingerprint density at radius 3 is 2.14 bits per heavy atom. The van der Waals surface area contributed by atoms with Gasteiger partial charge in [0.25, 0.3) is 0 Å². The molecule has 0 aliphatic carbocycles. The monoisotopic (exact) mass is 263 g/mol. The molecule has 0 amide bonds. The largest absolute Gasteiger partial charge is 1.47 e. The molecule has 0 atom stereocenters. The molecule has 0 fully saturated rings. The third-order valence-corrected chi connectivity index (χ3v) is 2.50. The van der Waals surface area contributed by atoms with Crippen molar-refractivity contribution in [3.8, 4) is 0 Å². The second-order valence-corrected chi connectivity index (χ2v) is 3.40. The highest BCUT2D eigenvalue weighted by Crippen LogP contribution is 2.08. The van der Waals surface area contributed by atoms with Gasteiger partial charge in [0.1, 0.15) is 0 Å². The van der Waals surface area contributed by atoms with E-state index < -0.39 is 0 Å². The summed E-state index contributed by atoms with van der Waals surface area (Å²) in [6.07, 6.45) is 0. The minimum Gasteiger partial charge on any atom is -0.400 e. The molecule has 0 aliphatic rings. The van der Waals surface area contributed by atoms with Crippen molar-refractivity contribution in [2.24, 2.45) is 0 Å². The summed E-state index contributed by atoms with van der Waals surface area (Å²) in [4.78, 5) is 0. The van der Waals surface area contributed by atoms with Crippen molar-refractivity contribution in [3.63, 3.8) is 0 Å². The standard InChI is InChI=1S/C10H7.CH4O.BrH.Mg/c1-2-6-10-8-4-3-7-9(10)5-1;1-2;;/h1-7H;2H,1H3;1H;/q;;;+2. The summed E-state index contributed by atoms with van der Waals surface area (Å²) >= 11 is 1.94. The topological polar surface area (TPSA) is 20.2 Å². The van der Waals surface area contributed by atoms with Crippen LogP contribution < -0.4 is 3.69 Å². The van der Waals surface area contributed by atoms with E-state index in [1.807, 2.05) is 21.7 Å². The zero-order valence-electron chi connectivity index (χ0n) is 8.10. The van der Waals surface area contributed by atoms with Crippen molar-refractivity contribution < 1.29 is 5.11 Å². The lowest BCUT2D eigenvalue weighted by Gasteiger charge is -1.89. The smallest absolute Gasteiger partial charge is 0.400 e. The number of halogens is 1. The Hall–Kier alpha value is -0.0938. The van der Waals surface area contributed by atoms with Crippen molar-refractivity contribution in [2.75, 3.05) is 7.11 Å². The summed E-state index contributed by atoms with van der Waals surface area (Å²) in [7, 11) is 1.00. The van der Waals surface area contributed by atoms with Crippen molar-refractivity contribution in [1.82, 2.24) is 0 Å². The Bertz CT molecular complexity index is 384. The number of rotatable bonds is 0. The van der Waals surface area contributed by atoms with Crippen LogP contribution in [0.5, 0.6) is 0 Å². The second-order valence-electron chi connectivity index (χ2n) is 2.64. The lowest BCUT2D eigenvalue weighted by atomic mass is 10.1. The summed E-state index contributed by atoms with van der Waals surface area (Å²) in [6, 6.07) is 14.9. The van der Waals surface area contributed by atoms with E-state index in [0.29, 0.717) is 0 Å². The number of aliphatic hydroxyl groups excluding tert-OH is 1. The molecule has 0 aliphatic heterocycles. The average molecular weight is 264 g/mol. The molecule has 3 heteroatoms.